The molecule has 4 heteroatoms. The minimum atomic E-state index is -0.381. The highest BCUT2D eigenvalue weighted by atomic mass is 16.2. The van der Waals surface area contributed by atoms with Crippen molar-refractivity contribution in [2.45, 2.75) is 32.2 Å². The summed E-state index contributed by atoms with van der Waals surface area (Å²) in [6.07, 6.45) is 2.51. The number of amides is 1. The first kappa shape index (κ1) is 13.6. The zero-order valence-electron chi connectivity index (χ0n) is 11.3. The monoisotopic (exact) mass is 259 g/mol. The number of hydrogen-bond acceptors (Lipinski definition) is 2. The molecule has 1 aromatic heterocycles. The lowest BCUT2D eigenvalue weighted by Gasteiger charge is -2.09. The van der Waals surface area contributed by atoms with Crippen molar-refractivity contribution in [3.8, 4) is 0 Å². The number of para-hydroxylation sites is 1. The molecule has 0 spiro atoms. The Bertz CT molecular complexity index is 514. The Morgan fingerprint density at radius 3 is 2.95 bits per heavy atom. The fraction of sp³-hybridized carbons (Fsp3) is 0.400. The average Bonchev–Trinajstić information content (AvgIpc) is 2.85. The summed E-state index contributed by atoms with van der Waals surface area (Å²) in [5.41, 5.74) is 8.01. The Morgan fingerprint density at radius 1 is 1.42 bits per heavy atom. The van der Waals surface area contributed by atoms with Crippen molar-refractivity contribution in [1.29, 1.82) is 0 Å². The third-order valence-corrected chi connectivity index (χ3v) is 3.28. The number of H-pyrrole nitrogens is 1. The molecule has 1 heterocycles. The summed E-state index contributed by atoms with van der Waals surface area (Å²) in [5.74, 6) is -0.0563. The third kappa shape index (κ3) is 3.58. The second-order valence-electron chi connectivity index (χ2n) is 4.79. The van der Waals surface area contributed by atoms with Gasteiger partial charge >= 0.3 is 0 Å². The molecule has 0 aliphatic heterocycles. The van der Waals surface area contributed by atoms with Gasteiger partial charge in [0.2, 0.25) is 5.91 Å². The summed E-state index contributed by atoms with van der Waals surface area (Å²) in [4.78, 5) is 14.9. The Labute approximate surface area is 113 Å². The first-order valence-electron chi connectivity index (χ1n) is 6.80. The zero-order chi connectivity index (χ0) is 13.7. The van der Waals surface area contributed by atoms with Crippen LogP contribution in [0, 0.1) is 0 Å². The van der Waals surface area contributed by atoms with E-state index in [9.17, 15) is 4.79 Å². The number of fused-ring (bicyclic) bond motifs is 1. The number of nitrogens with one attached hydrogen (secondary N) is 2. The van der Waals surface area contributed by atoms with Gasteiger partial charge in [-0.05, 0) is 36.8 Å². The fourth-order valence-corrected chi connectivity index (χ4v) is 2.08. The number of nitrogens with two attached hydrogens (primary N) is 1. The summed E-state index contributed by atoms with van der Waals surface area (Å²) in [7, 11) is 0. The van der Waals surface area contributed by atoms with Crippen LogP contribution in [0.1, 0.15) is 25.5 Å². The van der Waals surface area contributed by atoms with Crippen molar-refractivity contribution in [2.75, 3.05) is 6.54 Å². The molecule has 1 atom stereocenters. The predicted molar refractivity (Wildman–Crippen MR) is 77.9 cm³/mol. The van der Waals surface area contributed by atoms with Gasteiger partial charge in [-0.15, -0.1) is 0 Å². The molecule has 0 bridgehead atoms. The van der Waals surface area contributed by atoms with Crippen molar-refractivity contribution in [2.24, 2.45) is 5.73 Å². The Balaban J connectivity index is 1.78. The maximum Gasteiger partial charge on any atom is 0.236 e. The van der Waals surface area contributed by atoms with E-state index in [-0.39, 0.29) is 11.9 Å². The van der Waals surface area contributed by atoms with E-state index in [0.29, 0.717) is 13.0 Å². The molecule has 0 unspecified atom stereocenters. The molecule has 2 rings (SSSR count). The van der Waals surface area contributed by atoms with Crippen molar-refractivity contribution in [1.82, 2.24) is 10.3 Å². The van der Waals surface area contributed by atoms with Crippen LogP contribution >= 0.6 is 0 Å². The van der Waals surface area contributed by atoms with Gasteiger partial charge in [0.25, 0.3) is 0 Å². The molecule has 1 aromatic carbocycles. The second kappa shape index (κ2) is 6.38. The molecule has 102 valence electrons. The third-order valence-electron chi connectivity index (χ3n) is 3.28. The SMILES string of the molecule is CC[C@H](N)C(=O)NCCCc1cc2ccccc2[nH]1. The fourth-order valence-electron chi connectivity index (χ4n) is 2.08. The lowest BCUT2D eigenvalue weighted by Crippen LogP contribution is -2.40. The van der Waals surface area contributed by atoms with Crippen LogP contribution in [-0.2, 0) is 11.2 Å². The Kier molecular flexibility index (Phi) is 4.58. The van der Waals surface area contributed by atoms with E-state index in [1.165, 1.54) is 11.1 Å². The van der Waals surface area contributed by atoms with Gasteiger partial charge in [0.05, 0.1) is 6.04 Å². The van der Waals surface area contributed by atoms with E-state index < -0.39 is 0 Å². The van der Waals surface area contributed by atoms with Crippen LogP contribution in [0.5, 0.6) is 0 Å². The van der Waals surface area contributed by atoms with Crippen LogP contribution in [0.3, 0.4) is 0 Å². The van der Waals surface area contributed by atoms with Crippen LogP contribution in [0.15, 0.2) is 30.3 Å². The molecule has 4 N–H and O–H groups in total. The second-order valence-corrected chi connectivity index (χ2v) is 4.79. The molecular formula is C15H21N3O. The number of hydrogen-bond donors (Lipinski definition) is 3. The highest BCUT2D eigenvalue weighted by Crippen LogP contribution is 2.15. The molecule has 0 saturated heterocycles. The number of aromatic amines is 1. The van der Waals surface area contributed by atoms with E-state index in [4.69, 9.17) is 5.73 Å². The number of aromatic nitrogens is 1. The van der Waals surface area contributed by atoms with Gasteiger partial charge in [-0.2, -0.15) is 0 Å². The highest BCUT2D eigenvalue weighted by molar-refractivity contribution is 5.81. The predicted octanol–water partition coefficient (Wildman–Crippen LogP) is 1.95. The van der Waals surface area contributed by atoms with E-state index in [0.717, 1.165) is 18.4 Å². The van der Waals surface area contributed by atoms with Gasteiger partial charge in [-0.3, -0.25) is 4.79 Å². The maximum atomic E-state index is 11.5. The van der Waals surface area contributed by atoms with Gasteiger partial charge in [0.15, 0.2) is 0 Å². The van der Waals surface area contributed by atoms with E-state index in [1.807, 2.05) is 19.1 Å². The standard InChI is InChI=1S/C15H21N3O/c1-2-13(16)15(19)17-9-5-7-12-10-11-6-3-4-8-14(11)18-12/h3-4,6,8,10,13,18H,2,5,7,9,16H2,1H3,(H,17,19)/t13-/m0/s1. The summed E-state index contributed by atoms with van der Waals surface area (Å²) in [6, 6.07) is 10.0. The number of benzene rings is 1. The first-order chi connectivity index (χ1) is 9.20. The Hall–Kier alpha value is -1.81. The van der Waals surface area contributed by atoms with Gasteiger partial charge in [-0.1, -0.05) is 25.1 Å². The number of carbonyl (C=O) groups is 1. The van der Waals surface area contributed by atoms with Gasteiger partial charge in [-0.25, -0.2) is 0 Å². The Morgan fingerprint density at radius 2 is 2.21 bits per heavy atom. The van der Waals surface area contributed by atoms with Crippen molar-refractivity contribution in [3.05, 3.63) is 36.0 Å². The zero-order valence-corrected chi connectivity index (χ0v) is 11.3. The maximum absolute atomic E-state index is 11.5. The summed E-state index contributed by atoms with van der Waals surface area (Å²) >= 11 is 0. The molecule has 1 amide bonds. The molecule has 0 saturated carbocycles. The van der Waals surface area contributed by atoms with Crippen LogP contribution < -0.4 is 11.1 Å². The van der Waals surface area contributed by atoms with Gasteiger partial charge < -0.3 is 16.0 Å². The summed E-state index contributed by atoms with van der Waals surface area (Å²) < 4.78 is 0. The van der Waals surface area contributed by atoms with E-state index in [2.05, 4.69) is 28.5 Å². The van der Waals surface area contributed by atoms with Gasteiger partial charge in [0, 0.05) is 17.8 Å². The number of aryl methyl sites for hydroxylation is 1. The van der Waals surface area contributed by atoms with Gasteiger partial charge in [0.1, 0.15) is 0 Å². The van der Waals surface area contributed by atoms with Crippen LogP contribution in [0.4, 0.5) is 0 Å². The minimum Gasteiger partial charge on any atom is -0.358 e. The van der Waals surface area contributed by atoms with Crippen molar-refractivity contribution >= 4 is 16.8 Å². The van der Waals surface area contributed by atoms with Crippen LogP contribution in [-0.4, -0.2) is 23.5 Å². The van der Waals surface area contributed by atoms with Crippen molar-refractivity contribution in [3.63, 3.8) is 0 Å². The molecule has 2 aromatic rings. The molecule has 0 radical (unpaired) electrons. The normalized spacial score (nSPS) is 12.5. The quantitative estimate of drug-likeness (QED) is 0.694. The molecule has 0 fully saturated rings. The average molecular weight is 259 g/mol. The molecule has 0 aliphatic carbocycles. The minimum absolute atomic E-state index is 0.0563. The molecule has 0 aliphatic rings. The molecular weight excluding hydrogens is 238 g/mol. The summed E-state index contributed by atoms with van der Waals surface area (Å²) in [6.45, 7) is 2.58. The number of rotatable bonds is 6. The smallest absolute Gasteiger partial charge is 0.236 e. The lowest BCUT2D eigenvalue weighted by molar-refractivity contribution is -0.122. The number of carbonyl (C=O) groups excluding carboxylic acids is 1. The first-order valence-corrected chi connectivity index (χ1v) is 6.80. The lowest BCUT2D eigenvalue weighted by atomic mass is 10.2. The van der Waals surface area contributed by atoms with Crippen LogP contribution in [0.25, 0.3) is 10.9 Å². The van der Waals surface area contributed by atoms with Crippen LogP contribution in [0.2, 0.25) is 0 Å². The molecule has 4 nitrogen and oxygen atoms in total. The largest absolute Gasteiger partial charge is 0.358 e. The topological polar surface area (TPSA) is 70.9 Å². The van der Waals surface area contributed by atoms with E-state index in [1.54, 1.807) is 0 Å². The molecule has 19 heavy (non-hydrogen) atoms. The van der Waals surface area contributed by atoms with E-state index >= 15 is 0 Å². The highest BCUT2D eigenvalue weighted by Gasteiger charge is 2.09. The van der Waals surface area contributed by atoms with Crippen molar-refractivity contribution < 1.29 is 4.79 Å². The summed E-state index contributed by atoms with van der Waals surface area (Å²) in [5, 5.41) is 4.09.